The van der Waals surface area contributed by atoms with Gasteiger partial charge in [-0.25, -0.2) is 25.3 Å². The number of aromatic hydroxyl groups is 3. The summed E-state index contributed by atoms with van der Waals surface area (Å²) in [6.45, 7) is 0. The molecule has 16 nitrogen and oxygen atoms in total. The van der Waals surface area contributed by atoms with Crippen molar-refractivity contribution in [3.63, 3.8) is 0 Å². The molecule has 0 aliphatic heterocycles. The van der Waals surface area contributed by atoms with E-state index in [1.165, 1.54) is 36.4 Å². The van der Waals surface area contributed by atoms with Crippen LogP contribution in [0.2, 0.25) is 0 Å². The molecule has 54 heavy (non-hydrogen) atoms. The molecule has 0 amide bonds. The monoisotopic (exact) mass is 816 g/mol. The van der Waals surface area contributed by atoms with Gasteiger partial charge in [0.15, 0.2) is 5.75 Å². The van der Waals surface area contributed by atoms with Crippen molar-refractivity contribution in [2.75, 3.05) is 0 Å². The first kappa shape index (κ1) is 45.6. The van der Waals surface area contributed by atoms with E-state index < -0.39 is 73.0 Å². The summed E-state index contributed by atoms with van der Waals surface area (Å²) < 4.78 is 104. The maximum absolute atomic E-state index is 12.0. The third-order valence-electron chi connectivity index (χ3n) is 7.49. The minimum absolute atomic E-state index is 0. The van der Waals surface area contributed by atoms with Crippen molar-refractivity contribution in [3.8, 4) is 28.4 Å². The van der Waals surface area contributed by atoms with Gasteiger partial charge in [0.05, 0.1) is 31.4 Å². The molecule has 0 saturated carbocycles. The smallest absolute Gasteiger partial charge is 0.744 e. The summed E-state index contributed by atoms with van der Waals surface area (Å²) in [5, 5.41) is 47.1. The molecule has 0 bridgehead atoms. The summed E-state index contributed by atoms with van der Waals surface area (Å²) in [6.07, 6.45) is 0. The second-order valence-electron chi connectivity index (χ2n) is 10.8. The standard InChI is InChI=1S/C32H22N4O12S3.3Na/c37-26-12-5-19-13-23(49(40,41)42)10-11-25(19)30(26)35-33-21-6-1-17(2-7-21)18-3-8-22(9-4-18)34-36-31-28(51(46,47)48)15-20-14-24(50(43,44)45)16-27(38)29(20)32(31)39;;;/h1-16,37-39H,(H,40,41,42)(H,43,44,45)(H,46,47,48);;;/q;3*+1/p-3. The molecule has 0 atom stereocenters. The zero-order valence-corrected chi connectivity index (χ0v) is 36.7. The zero-order valence-electron chi connectivity index (χ0n) is 28.3. The van der Waals surface area contributed by atoms with Crippen molar-refractivity contribution < 1.29 is 143 Å². The number of benzene rings is 6. The average Bonchev–Trinajstić information content (AvgIpc) is 3.06. The Labute approximate surface area is 373 Å². The van der Waals surface area contributed by atoms with Gasteiger partial charge < -0.3 is 29.0 Å². The molecular formula is C32H19N4Na3O12S3. The van der Waals surface area contributed by atoms with Crippen LogP contribution in [-0.4, -0.2) is 54.2 Å². The topological polar surface area (TPSA) is 282 Å². The van der Waals surface area contributed by atoms with E-state index in [0.29, 0.717) is 40.2 Å². The van der Waals surface area contributed by atoms with Crippen LogP contribution in [0.3, 0.4) is 0 Å². The Morgan fingerprint density at radius 1 is 0.463 bits per heavy atom. The number of azo groups is 2. The molecule has 0 saturated heterocycles. The molecular weight excluding hydrogens is 798 g/mol. The van der Waals surface area contributed by atoms with Crippen LogP contribution in [-0.2, 0) is 30.4 Å². The van der Waals surface area contributed by atoms with E-state index in [1.807, 2.05) is 0 Å². The fourth-order valence-electron chi connectivity index (χ4n) is 5.07. The Bertz CT molecular complexity index is 2810. The summed E-state index contributed by atoms with van der Waals surface area (Å²) in [6, 6.07) is 21.3. The molecule has 0 unspecified atom stereocenters. The number of rotatable bonds is 8. The van der Waals surface area contributed by atoms with E-state index in [-0.39, 0.29) is 106 Å². The van der Waals surface area contributed by atoms with E-state index >= 15 is 0 Å². The van der Waals surface area contributed by atoms with Crippen molar-refractivity contribution in [2.24, 2.45) is 20.5 Å². The normalized spacial score (nSPS) is 12.1. The molecule has 0 aliphatic rings. The van der Waals surface area contributed by atoms with Crippen LogP contribution in [0.15, 0.2) is 132 Å². The minimum Gasteiger partial charge on any atom is -0.744 e. The number of phenols is 3. The van der Waals surface area contributed by atoms with E-state index in [0.717, 1.165) is 11.6 Å². The number of hydrogen-bond acceptors (Lipinski definition) is 16. The molecule has 0 fully saturated rings. The van der Waals surface area contributed by atoms with Crippen LogP contribution in [0, 0.1) is 0 Å². The fraction of sp³-hybridized carbons (Fsp3) is 0. The Morgan fingerprint density at radius 2 is 0.963 bits per heavy atom. The second-order valence-corrected chi connectivity index (χ2v) is 14.9. The summed E-state index contributed by atoms with van der Waals surface area (Å²) in [7, 11) is -15.1. The minimum atomic E-state index is -5.33. The largest absolute Gasteiger partial charge is 1.00 e. The van der Waals surface area contributed by atoms with Crippen LogP contribution in [0.5, 0.6) is 17.2 Å². The summed E-state index contributed by atoms with van der Waals surface area (Å²) in [5.41, 5.74) is 1.21. The molecule has 0 radical (unpaired) electrons. The van der Waals surface area contributed by atoms with Gasteiger partial charge in [0.25, 0.3) is 0 Å². The van der Waals surface area contributed by atoms with Gasteiger partial charge in [-0.05, 0) is 82.6 Å². The van der Waals surface area contributed by atoms with Gasteiger partial charge in [0, 0.05) is 5.39 Å². The maximum Gasteiger partial charge on any atom is 1.00 e. The van der Waals surface area contributed by atoms with Gasteiger partial charge >= 0.3 is 88.7 Å². The second kappa shape index (κ2) is 17.5. The molecule has 0 spiro atoms. The third-order valence-corrected chi connectivity index (χ3v) is 9.98. The quantitative estimate of drug-likeness (QED) is 0.0806. The third kappa shape index (κ3) is 9.93. The van der Waals surface area contributed by atoms with Crippen molar-refractivity contribution in [1.29, 1.82) is 0 Å². The van der Waals surface area contributed by atoms with Gasteiger partial charge in [0.1, 0.15) is 53.2 Å². The SMILES string of the molecule is O=S(=O)([O-])c1ccc2c(N=Nc3ccc(-c4ccc(N=Nc5c(S(=O)(=O)[O-])cc6cc(S(=O)(=O)[O-])cc(O)c6c5O)cc4)cc3)c(O)ccc2c1.[Na+].[Na+].[Na+]. The fourth-order valence-corrected chi connectivity index (χ4v) is 6.75. The van der Waals surface area contributed by atoms with Crippen molar-refractivity contribution in [3.05, 3.63) is 97.1 Å². The van der Waals surface area contributed by atoms with Crippen LogP contribution < -0.4 is 88.7 Å². The maximum atomic E-state index is 12.0. The van der Waals surface area contributed by atoms with Crippen molar-refractivity contribution in [2.45, 2.75) is 14.7 Å². The number of nitrogens with zero attached hydrogens (tertiary/aromatic N) is 4. The number of phenolic OH excluding ortho intramolecular Hbond substituents is 3. The van der Waals surface area contributed by atoms with Gasteiger partial charge in [-0.3, -0.25) is 0 Å². The van der Waals surface area contributed by atoms with Gasteiger partial charge in [-0.1, -0.05) is 36.4 Å². The van der Waals surface area contributed by atoms with Gasteiger partial charge in [-0.15, -0.1) is 10.2 Å². The predicted octanol–water partition coefficient (Wildman–Crippen LogP) is -2.67. The Kier molecular flexibility index (Phi) is 14.8. The molecule has 0 aromatic heterocycles. The van der Waals surface area contributed by atoms with E-state index in [2.05, 4.69) is 20.5 Å². The first-order valence-corrected chi connectivity index (χ1v) is 18.3. The molecule has 260 valence electrons. The van der Waals surface area contributed by atoms with E-state index in [4.69, 9.17) is 0 Å². The number of hydrogen-bond donors (Lipinski definition) is 3. The summed E-state index contributed by atoms with van der Waals surface area (Å²) >= 11 is 0. The Hall–Kier alpha value is -2.83. The van der Waals surface area contributed by atoms with Crippen LogP contribution >= 0.6 is 0 Å². The van der Waals surface area contributed by atoms with Crippen molar-refractivity contribution >= 4 is 74.6 Å². The summed E-state index contributed by atoms with van der Waals surface area (Å²) in [4.78, 5) is -2.43. The van der Waals surface area contributed by atoms with Crippen LogP contribution in [0.4, 0.5) is 22.7 Å². The Balaban J connectivity index is 0.00000261. The van der Waals surface area contributed by atoms with Crippen LogP contribution in [0.1, 0.15) is 0 Å². The first-order valence-electron chi connectivity index (χ1n) is 14.1. The summed E-state index contributed by atoms with van der Waals surface area (Å²) in [5.74, 6) is -2.10. The van der Waals surface area contributed by atoms with E-state index in [9.17, 15) is 54.2 Å². The molecule has 0 heterocycles. The molecule has 6 rings (SSSR count). The molecule has 22 heteroatoms. The molecule has 6 aromatic rings. The first-order chi connectivity index (χ1) is 23.9. The van der Waals surface area contributed by atoms with Gasteiger partial charge in [0.2, 0.25) is 0 Å². The van der Waals surface area contributed by atoms with Crippen LogP contribution in [0.25, 0.3) is 32.7 Å². The predicted molar refractivity (Wildman–Crippen MR) is 177 cm³/mol. The molecule has 0 aliphatic carbocycles. The molecule has 6 aromatic carbocycles. The van der Waals surface area contributed by atoms with Crippen molar-refractivity contribution in [1.82, 2.24) is 0 Å². The number of fused-ring (bicyclic) bond motifs is 2. The van der Waals surface area contributed by atoms with Gasteiger partial charge in [-0.2, -0.15) is 10.2 Å². The zero-order chi connectivity index (χ0) is 36.9. The molecule has 3 N–H and O–H groups in total. The Morgan fingerprint density at radius 3 is 1.46 bits per heavy atom. The average molecular weight is 817 g/mol. The van der Waals surface area contributed by atoms with E-state index in [1.54, 1.807) is 36.4 Å².